The monoisotopic (exact) mass is 194 g/mol. The van der Waals surface area contributed by atoms with Crippen LogP contribution < -0.4 is 11.1 Å². The van der Waals surface area contributed by atoms with Gasteiger partial charge in [-0.25, -0.2) is 0 Å². The van der Waals surface area contributed by atoms with E-state index in [-0.39, 0.29) is 5.91 Å². The second kappa shape index (κ2) is 4.57. The third-order valence-corrected chi connectivity index (χ3v) is 1.83. The zero-order valence-electron chi connectivity index (χ0n) is 8.10. The molecule has 0 radical (unpaired) electrons. The summed E-state index contributed by atoms with van der Waals surface area (Å²) in [5.74, 6) is 0.406. The van der Waals surface area contributed by atoms with Crippen molar-refractivity contribution < 1.29 is 4.79 Å². The molecule has 0 aliphatic rings. The predicted octanol–water partition coefficient (Wildman–Crippen LogP) is 0.262. The fourth-order valence-corrected chi connectivity index (χ4v) is 1.00. The quantitative estimate of drug-likeness (QED) is 0.675. The summed E-state index contributed by atoms with van der Waals surface area (Å²) in [5.41, 5.74) is 5.58. The van der Waals surface area contributed by atoms with Crippen molar-refractivity contribution in [1.29, 1.82) is 0 Å². The highest BCUT2D eigenvalue weighted by atomic mass is 16.2. The van der Waals surface area contributed by atoms with Crippen molar-refractivity contribution in [3.63, 3.8) is 0 Å². The Balaban J connectivity index is 2.57. The molecule has 0 saturated heterocycles. The Morgan fingerprint density at radius 1 is 1.93 bits per heavy atom. The van der Waals surface area contributed by atoms with Crippen LogP contribution in [0.3, 0.4) is 0 Å². The summed E-state index contributed by atoms with van der Waals surface area (Å²) in [5, 5.41) is 6.58. The zero-order valence-corrected chi connectivity index (χ0v) is 8.10. The Kier molecular flexibility index (Phi) is 3.41. The van der Waals surface area contributed by atoms with E-state index in [2.05, 4.69) is 17.0 Å². The molecule has 0 spiro atoms. The van der Waals surface area contributed by atoms with E-state index in [1.807, 2.05) is 0 Å². The second-order valence-corrected chi connectivity index (χ2v) is 2.96. The number of carbonyl (C=O) groups is 1. The molecule has 5 heteroatoms. The van der Waals surface area contributed by atoms with Crippen molar-refractivity contribution >= 4 is 11.7 Å². The molecule has 0 saturated carbocycles. The van der Waals surface area contributed by atoms with E-state index in [1.54, 1.807) is 30.1 Å². The second-order valence-electron chi connectivity index (χ2n) is 2.96. The van der Waals surface area contributed by atoms with Gasteiger partial charge < -0.3 is 11.1 Å². The van der Waals surface area contributed by atoms with Crippen LogP contribution in [-0.2, 0) is 11.8 Å². The standard InChI is InChI=1S/C9H14N4O/c1-3-4-7(10)9(14)12-8-5-6-11-13(8)2/h3,5-7H,1,4,10H2,2H3,(H,12,14). The number of aromatic nitrogens is 2. The van der Waals surface area contributed by atoms with E-state index in [1.165, 1.54) is 0 Å². The van der Waals surface area contributed by atoms with Gasteiger partial charge in [-0.15, -0.1) is 6.58 Å². The molecule has 1 rings (SSSR count). The van der Waals surface area contributed by atoms with Crippen molar-refractivity contribution in [2.45, 2.75) is 12.5 Å². The van der Waals surface area contributed by atoms with E-state index in [4.69, 9.17) is 5.73 Å². The van der Waals surface area contributed by atoms with Crippen LogP contribution in [0.1, 0.15) is 6.42 Å². The lowest BCUT2D eigenvalue weighted by molar-refractivity contribution is -0.117. The molecule has 1 heterocycles. The Hall–Kier alpha value is -1.62. The number of hydrogen-bond donors (Lipinski definition) is 2. The first-order valence-corrected chi connectivity index (χ1v) is 4.30. The molecule has 0 fully saturated rings. The number of nitrogens with two attached hydrogens (primary N) is 1. The van der Waals surface area contributed by atoms with Crippen LogP contribution in [0.5, 0.6) is 0 Å². The largest absolute Gasteiger partial charge is 0.320 e. The van der Waals surface area contributed by atoms with Crippen LogP contribution >= 0.6 is 0 Å². The summed E-state index contributed by atoms with van der Waals surface area (Å²) < 4.78 is 1.57. The normalized spacial score (nSPS) is 12.1. The Labute approximate surface area is 82.6 Å². The lowest BCUT2D eigenvalue weighted by atomic mass is 10.2. The minimum atomic E-state index is -0.553. The van der Waals surface area contributed by atoms with E-state index in [9.17, 15) is 4.79 Å². The van der Waals surface area contributed by atoms with Crippen molar-refractivity contribution in [2.24, 2.45) is 12.8 Å². The van der Waals surface area contributed by atoms with Gasteiger partial charge in [0.2, 0.25) is 5.91 Å². The third kappa shape index (κ3) is 2.43. The highest BCUT2D eigenvalue weighted by Crippen LogP contribution is 2.04. The van der Waals surface area contributed by atoms with E-state index >= 15 is 0 Å². The molecule has 1 atom stereocenters. The fraction of sp³-hybridized carbons (Fsp3) is 0.333. The van der Waals surface area contributed by atoms with Crippen LogP contribution in [-0.4, -0.2) is 21.7 Å². The molecule has 5 nitrogen and oxygen atoms in total. The number of nitrogens with one attached hydrogen (secondary N) is 1. The first kappa shape index (κ1) is 10.5. The summed E-state index contributed by atoms with van der Waals surface area (Å²) in [7, 11) is 1.74. The van der Waals surface area contributed by atoms with Crippen molar-refractivity contribution in [3.05, 3.63) is 24.9 Å². The maximum atomic E-state index is 11.4. The van der Waals surface area contributed by atoms with Gasteiger partial charge in [0.15, 0.2) is 0 Å². The highest BCUT2D eigenvalue weighted by Gasteiger charge is 2.12. The third-order valence-electron chi connectivity index (χ3n) is 1.83. The van der Waals surface area contributed by atoms with E-state index in [0.29, 0.717) is 12.2 Å². The lowest BCUT2D eigenvalue weighted by Gasteiger charge is -2.09. The van der Waals surface area contributed by atoms with Gasteiger partial charge in [-0.2, -0.15) is 5.10 Å². The van der Waals surface area contributed by atoms with Gasteiger partial charge >= 0.3 is 0 Å². The minimum absolute atomic E-state index is 0.228. The summed E-state index contributed by atoms with van der Waals surface area (Å²) in [6.07, 6.45) is 3.69. The van der Waals surface area contributed by atoms with Gasteiger partial charge in [0.05, 0.1) is 12.2 Å². The number of nitrogens with zero attached hydrogens (tertiary/aromatic N) is 2. The fourth-order valence-electron chi connectivity index (χ4n) is 1.00. The zero-order chi connectivity index (χ0) is 10.6. The Bertz CT molecular complexity index is 331. The molecular weight excluding hydrogens is 180 g/mol. The number of amides is 1. The average Bonchev–Trinajstić information content (AvgIpc) is 2.52. The Morgan fingerprint density at radius 3 is 3.14 bits per heavy atom. The maximum Gasteiger partial charge on any atom is 0.242 e. The van der Waals surface area contributed by atoms with Gasteiger partial charge in [-0.05, 0) is 6.42 Å². The van der Waals surface area contributed by atoms with Crippen LogP contribution in [0.4, 0.5) is 5.82 Å². The number of anilines is 1. The molecule has 1 aromatic heterocycles. The molecular formula is C9H14N4O. The van der Waals surface area contributed by atoms with Crippen LogP contribution in [0.25, 0.3) is 0 Å². The van der Waals surface area contributed by atoms with Gasteiger partial charge in [0, 0.05) is 13.1 Å². The summed E-state index contributed by atoms with van der Waals surface area (Å²) >= 11 is 0. The average molecular weight is 194 g/mol. The SMILES string of the molecule is C=CCC(N)C(=O)Nc1ccnn1C. The molecule has 76 valence electrons. The smallest absolute Gasteiger partial charge is 0.242 e. The maximum absolute atomic E-state index is 11.4. The van der Waals surface area contributed by atoms with Crippen molar-refractivity contribution in [3.8, 4) is 0 Å². The first-order valence-electron chi connectivity index (χ1n) is 4.30. The van der Waals surface area contributed by atoms with Gasteiger partial charge in [0.25, 0.3) is 0 Å². The van der Waals surface area contributed by atoms with Crippen LogP contribution in [0.2, 0.25) is 0 Å². The summed E-state index contributed by atoms with van der Waals surface area (Å²) in [6.45, 7) is 3.52. The first-order chi connectivity index (χ1) is 6.65. The summed E-state index contributed by atoms with van der Waals surface area (Å²) in [6, 6.07) is 1.15. The predicted molar refractivity (Wildman–Crippen MR) is 54.6 cm³/mol. The molecule has 0 bridgehead atoms. The van der Waals surface area contributed by atoms with Crippen LogP contribution in [0.15, 0.2) is 24.9 Å². The van der Waals surface area contributed by atoms with Crippen LogP contribution in [0, 0.1) is 0 Å². The van der Waals surface area contributed by atoms with Crippen molar-refractivity contribution in [2.75, 3.05) is 5.32 Å². The molecule has 3 N–H and O–H groups in total. The molecule has 1 amide bonds. The van der Waals surface area contributed by atoms with E-state index in [0.717, 1.165) is 0 Å². The molecule has 0 aliphatic carbocycles. The number of rotatable bonds is 4. The summed E-state index contributed by atoms with van der Waals surface area (Å²) in [4.78, 5) is 11.4. The molecule has 0 aliphatic heterocycles. The molecule has 0 aromatic carbocycles. The molecule has 1 aromatic rings. The number of aryl methyl sites for hydroxylation is 1. The van der Waals surface area contributed by atoms with Gasteiger partial charge in [0.1, 0.15) is 5.82 Å². The van der Waals surface area contributed by atoms with Crippen molar-refractivity contribution in [1.82, 2.24) is 9.78 Å². The van der Waals surface area contributed by atoms with E-state index < -0.39 is 6.04 Å². The molecule has 14 heavy (non-hydrogen) atoms. The number of hydrogen-bond acceptors (Lipinski definition) is 3. The topological polar surface area (TPSA) is 72.9 Å². The minimum Gasteiger partial charge on any atom is -0.320 e. The number of carbonyl (C=O) groups excluding carboxylic acids is 1. The lowest BCUT2D eigenvalue weighted by Crippen LogP contribution is -2.35. The van der Waals surface area contributed by atoms with Gasteiger partial charge in [-0.1, -0.05) is 6.08 Å². The Morgan fingerprint density at radius 2 is 2.64 bits per heavy atom. The van der Waals surface area contributed by atoms with Gasteiger partial charge in [-0.3, -0.25) is 9.48 Å². The highest BCUT2D eigenvalue weighted by molar-refractivity contribution is 5.94. The molecule has 1 unspecified atom stereocenters.